The zero-order valence-corrected chi connectivity index (χ0v) is 14.9. The quantitative estimate of drug-likeness (QED) is 0.670. The minimum Gasteiger partial charge on any atom is -0.495 e. The van der Waals surface area contributed by atoms with E-state index in [1.54, 1.807) is 12.1 Å². The molecule has 0 aliphatic rings. The molecule has 0 saturated heterocycles. The number of hydrogen-bond donors (Lipinski definition) is 1. The smallest absolute Gasteiger partial charge is 0.244 e. The van der Waals surface area contributed by atoms with Gasteiger partial charge in [-0.05, 0) is 57.1 Å². The second-order valence-electron chi connectivity index (χ2n) is 5.29. The summed E-state index contributed by atoms with van der Waals surface area (Å²) in [6.45, 7) is 9.64. The van der Waals surface area contributed by atoms with Gasteiger partial charge >= 0.3 is 0 Å². The first kappa shape index (κ1) is 18.9. The van der Waals surface area contributed by atoms with Crippen molar-refractivity contribution >= 4 is 10.0 Å². The van der Waals surface area contributed by atoms with Crippen LogP contribution < -0.4 is 9.46 Å². The van der Waals surface area contributed by atoms with Crippen molar-refractivity contribution in [1.29, 1.82) is 0 Å². The van der Waals surface area contributed by atoms with E-state index < -0.39 is 10.0 Å². The van der Waals surface area contributed by atoms with E-state index in [1.807, 2.05) is 13.0 Å². The molecular weight excluding hydrogens is 300 g/mol. The van der Waals surface area contributed by atoms with Crippen molar-refractivity contribution in [3.8, 4) is 5.75 Å². The molecule has 0 aliphatic carbocycles. The zero-order valence-electron chi connectivity index (χ0n) is 14.1. The number of aryl methyl sites for hydroxylation is 1. The predicted molar refractivity (Wildman–Crippen MR) is 89.9 cm³/mol. The fraction of sp³-hybridized carbons (Fsp3) is 0.625. The number of ether oxygens (including phenoxy) is 1. The topological polar surface area (TPSA) is 58.6 Å². The molecule has 5 nitrogen and oxygen atoms in total. The van der Waals surface area contributed by atoms with E-state index in [-0.39, 0.29) is 4.90 Å². The first-order valence-corrected chi connectivity index (χ1v) is 9.29. The van der Waals surface area contributed by atoms with E-state index in [1.165, 1.54) is 7.11 Å². The third-order valence-corrected chi connectivity index (χ3v) is 5.18. The first-order chi connectivity index (χ1) is 10.4. The number of nitrogens with zero attached hydrogens (tertiary/aromatic N) is 1. The van der Waals surface area contributed by atoms with E-state index in [0.29, 0.717) is 12.3 Å². The largest absolute Gasteiger partial charge is 0.495 e. The monoisotopic (exact) mass is 328 g/mol. The highest BCUT2D eigenvalue weighted by Gasteiger charge is 2.18. The SMILES string of the molecule is CCN(CC)CCCCNS(=O)(=O)c1cc(C)ccc1OC. The number of rotatable bonds is 10. The van der Waals surface area contributed by atoms with Gasteiger partial charge in [-0.1, -0.05) is 19.9 Å². The molecule has 0 spiro atoms. The molecule has 0 radical (unpaired) electrons. The Hall–Kier alpha value is -1.11. The van der Waals surface area contributed by atoms with Gasteiger partial charge in [-0.15, -0.1) is 0 Å². The molecule has 0 heterocycles. The van der Waals surface area contributed by atoms with Crippen LogP contribution in [0, 0.1) is 6.92 Å². The van der Waals surface area contributed by atoms with E-state index in [9.17, 15) is 8.42 Å². The van der Waals surface area contributed by atoms with Gasteiger partial charge in [0.25, 0.3) is 0 Å². The zero-order chi connectivity index (χ0) is 16.6. The number of nitrogens with one attached hydrogen (secondary N) is 1. The molecule has 0 aromatic heterocycles. The molecule has 0 atom stereocenters. The molecular formula is C16H28N2O3S. The Bertz CT molecular complexity index is 555. The number of hydrogen-bond acceptors (Lipinski definition) is 4. The van der Waals surface area contributed by atoms with Crippen molar-refractivity contribution < 1.29 is 13.2 Å². The van der Waals surface area contributed by atoms with Gasteiger partial charge in [-0.2, -0.15) is 0 Å². The maximum absolute atomic E-state index is 12.4. The highest BCUT2D eigenvalue weighted by atomic mass is 32.2. The van der Waals surface area contributed by atoms with Crippen molar-refractivity contribution in [2.75, 3.05) is 33.3 Å². The molecule has 0 saturated carbocycles. The Morgan fingerprint density at radius 3 is 2.45 bits per heavy atom. The van der Waals surface area contributed by atoms with Gasteiger partial charge in [0.15, 0.2) is 0 Å². The summed E-state index contributed by atoms with van der Waals surface area (Å²) in [5.41, 5.74) is 0.891. The fourth-order valence-corrected chi connectivity index (χ4v) is 3.60. The Balaban J connectivity index is 2.56. The van der Waals surface area contributed by atoms with Crippen LogP contribution in [0.2, 0.25) is 0 Å². The Morgan fingerprint density at radius 2 is 1.86 bits per heavy atom. The van der Waals surface area contributed by atoms with Crippen LogP contribution in [0.25, 0.3) is 0 Å². The van der Waals surface area contributed by atoms with Crippen LogP contribution in [0.1, 0.15) is 32.3 Å². The lowest BCUT2D eigenvalue weighted by Crippen LogP contribution is -2.27. The second kappa shape index (κ2) is 9.12. The Labute approximate surface area is 134 Å². The summed E-state index contributed by atoms with van der Waals surface area (Å²) in [7, 11) is -2.05. The van der Waals surface area contributed by atoms with Gasteiger partial charge in [0.2, 0.25) is 10.0 Å². The maximum atomic E-state index is 12.4. The van der Waals surface area contributed by atoms with Crippen LogP contribution >= 0.6 is 0 Å². The summed E-state index contributed by atoms with van der Waals surface area (Å²) in [6.07, 6.45) is 1.80. The van der Waals surface area contributed by atoms with Crippen LogP contribution in [0.15, 0.2) is 23.1 Å². The molecule has 0 unspecified atom stereocenters. The molecule has 0 aliphatic heterocycles. The van der Waals surface area contributed by atoms with Crippen LogP contribution in [-0.4, -0.2) is 46.6 Å². The molecule has 1 aromatic rings. The first-order valence-electron chi connectivity index (χ1n) is 7.81. The second-order valence-corrected chi connectivity index (χ2v) is 7.02. The van der Waals surface area contributed by atoms with Crippen LogP contribution in [0.5, 0.6) is 5.75 Å². The molecule has 1 rings (SSSR count). The summed E-state index contributed by atoms with van der Waals surface area (Å²) in [4.78, 5) is 2.54. The lowest BCUT2D eigenvalue weighted by atomic mass is 10.2. The van der Waals surface area contributed by atoms with E-state index in [2.05, 4.69) is 23.5 Å². The normalized spacial score (nSPS) is 11.9. The summed E-state index contributed by atoms with van der Waals surface area (Å²) in [5, 5.41) is 0. The van der Waals surface area contributed by atoms with Crippen molar-refractivity contribution in [1.82, 2.24) is 9.62 Å². The van der Waals surface area contributed by atoms with Gasteiger partial charge in [-0.25, -0.2) is 13.1 Å². The lowest BCUT2D eigenvalue weighted by Gasteiger charge is -2.17. The highest BCUT2D eigenvalue weighted by molar-refractivity contribution is 7.89. The third kappa shape index (κ3) is 5.59. The predicted octanol–water partition coefficient (Wildman–Crippen LogP) is 2.40. The van der Waals surface area contributed by atoms with Gasteiger partial charge in [0, 0.05) is 6.54 Å². The summed E-state index contributed by atoms with van der Waals surface area (Å²) >= 11 is 0. The molecule has 6 heteroatoms. The van der Waals surface area contributed by atoms with E-state index in [4.69, 9.17) is 4.74 Å². The molecule has 0 bridgehead atoms. The lowest BCUT2D eigenvalue weighted by molar-refractivity contribution is 0.297. The van der Waals surface area contributed by atoms with E-state index in [0.717, 1.165) is 38.0 Å². The fourth-order valence-electron chi connectivity index (χ4n) is 2.28. The Kier molecular flexibility index (Phi) is 7.85. The van der Waals surface area contributed by atoms with Crippen LogP contribution in [0.4, 0.5) is 0 Å². The minimum atomic E-state index is -3.53. The molecule has 0 fully saturated rings. The van der Waals surface area contributed by atoms with Crippen LogP contribution in [-0.2, 0) is 10.0 Å². The molecule has 22 heavy (non-hydrogen) atoms. The van der Waals surface area contributed by atoms with Gasteiger partial charge in [0.05, 0.1) is 7.11 Å². The molecule has 126 valence electrons. The number of methoxy groups -OCH3 is 1. The highest BCUT2D eigenvalue weighted by Crippen LogP contribution is 2.24. The Morgan fingerprint density at radius 1 is 1.18 bits per heavy atom. The average Bonchev–Trinajstić information content (AvgIpc) is 2.51. The van der Waals surface area contributed by atoms with Gasteiger partial charge in [-0.3, -0.25) is 0 Å². The van der Waals surface area contributed by atoms with Gasteiger partial charge < -0.3 is 9.64 Å². The van der Waals surface area contributed by atoms with Crippen molar-refractivity contribution in [3.05, 3.63) is 23.8 Å². The molecule has 1 aromatic carbocycles. The summed E-state index contributed by atoms with van der Waals surface area (Å²) in [6, 6.07) is 5.16. The van der Waals surface area contributed by atoms with Crippen molar-refractivity contribution in [2.24, 2.45) is 0 Å². The van der Waals surface area contributed by atoms with Crippen molar-refractivity contribution in [2.45, 2.75) is 38.5 Å². The average molecular weight is 328 g/mol. The summed E-state index contributed by atoms with van der Waals surface area (Å²) in [5.74, 6) is 0.376. The number of unbranched alkanes of at least 4 members (excludes halogenated alkanes) is 1. The van der Waals surface area contributed by atoms with Crippen LogP contribution in [0.3, 0.4) is 0 Å². The molecule has 1 N–H and O–H groups in total. The standard InChI is InChI=1S/C16H28N2O3S/c1-5-18(6-2)12-8-7-11-17-22(19,20)16-13-14(3)9-10-15(16)21-4/h9-10,13,17H,5-8,11-12H2,1-4H3. The minimum absolute atomic E-state index is 0.207. The summed E-state index contributed by atoms with van der Waals surface area (Å²) < 4.78 is 32.6. The molecule has 0 amide bonds. The number of sulfonamides is 1. The third-order valence-electron chi connectivity index (χ3n) is 3.70. The maximum Gasteiger partial charge on any atom is 0.244 e. The van der Waals surface area contributed by atoms with Crippen molar-refractivity contribution in [3.63, 3.8) is 0 Å². The number of benzene rings is 1. The van der Waals surface area contributed by atoms with Gasteiger partial charge in [0.1, 0.15) is 10.6 Å². The van der Waals surface area contributed by atoms with E-state index >= 15 is 0 Å².